The van der Waals surface area contributed by atoms with Gasteiger partial charge in [0, 0.05) is 23.7 Å². The number of aromatic nitrogens is 4. The van der Waals surface area contributed by atoms with Crippen molar-refractivity contribution >= 4 is 22.1 Å². The molecule has 1 saturated carbocycles. The van der Waals surface area contributed by atoms with Gasteiger partial charge in [0.1, 0.15) is 22.5 Å². The van der Waals surface area contributed by atoms with Crippen molar-refractivity contribution in [2.45, 2.75) is 37.6 Å². The SMILES string of the molecule is N#CCN1CCC[C@@H](n2cnc3c(C4CC4)c(-c4ccc5occc5c4O)nnc32)C1. The highest BCUT2D eigenvalue weighted by molar-refractivity contribution is 5.93. The third-order valence-electron chi connectivity index (χ3n) is 6.54. The first kappa shape index (κ1) is 18.3. The van der Waals surface area contributed by atoms with Gasteiger partial charge in [0.25, 0.3) is 0 Å². The van der Waals surface area contributed by atoms with Gasteiger partial charge in [-0.25, -0.2) is 4.98 Å². The van der Waals surface area contributed by atoms with Crippen molar-refractivity contribution in [3.8, 4) is 23.1 Å². The van der Waals surface area contributed by atoms with Crippen LogP contribution in [0.5, 0.6) is 5.75 Å². The number of rotatable bonds is 4. The van der Waals surface area contributed by atoms with Crippen molar-refractivity contribution in [1.82, 2.24) is 24.6 Å². The van der Waals surface area contributed by atoms with Crippen molar-refractivity contribution in [3.05, 3.63) is 36.4 Å². The average Bonchev–Trinajstić information content (AvgIpc) is 3.33. The molecule has 156 valence electrons. The molecular weight excluding hydrogens is 392 g/mol. The van der Waals surface area contributed by atoms with Crippen LogP contribution in [0.25, 0.3) is 33.4 Å². The van der Waals surface area contributed by atoms with Crippen LogP contribution in [0.4, 0.5) is 0 Å². The zero-order valence-corrected chi connectivity index (χ0v) is 17.0. The number of hydrogen-bond acceptors (Lipinski definition) is 7. The molecule has 0 amide bonds. The van der Waals surface area contributed by atoms with Crippen LogP contribution in [0, 0.1) is 11.3 Å². The molecule has 4 heterocycles. The van der Waals surface area contributed by atoms with Crippen LogP contribution in [0.15, 0.2) is 35.2 Å². The highest BCUT2D eigenvalue weighted by Gasteiger charge is 2.33. The number of furan rings is 1. The highest BCUT2D eigenvalue weighted by Crippen LogP contribution is 2.48. The zero-order valence-electron chi connectivity index (χ0n) is 17.0. The normalized spacial score (nSPS) is 19.8. The molecule has 1 N–H and O–H groups in total. The third kappa shape index (κ3) is 2.96. The lowest BCUT2D eigenvalue weighted by atomic mass is 10.00. The van der Waals surface area contributed by atoms with E-state index < -0.39 is 0 Å². The Morgan fingerprint density at radius 1 is 1.19 bits per heavy atom. The van der Waals surface area contributed by atoms with Gasteiger partial charge in [-0.3, -0.25) is 4.90 Å². The molecule has 4 aromatic rings. The summed E-state index contributed by atoms with van der Waals surface area (Å²) in [4.78, 5) is 6.95. The average molecular weight is 414 g/mol. The second kappa shape index (κ2) is 7.06. The maximum absolute atomic E-state index is 10.9. The smallest absolute Gasteiger partial charge is 0.183 e. The standard InChI is InChI=1S/C23H22N6O2/c24-8-10-28-9-1-2-15(12-28)29-13-25-21-19(14-3-4-14)20(26-27-23(21)29)17-5-6-18-16(22(17)30)7-11-31-18/h5-7,11,13-15,30H,1-4,9-10,12H2/t15-/m1/s1. The summed E-state index contributed by atoms with van der Waals surface area (Å²) in [5.74, 6) is 0.554. The van der Waals surface area contributed by atoms with Crippen LogP contribution < -0.4 is 0 Å². The second-order valence-electron chi connectivity index (χ2n) is 8.54. The number of nitrogens with zero attached hydrogens (tertiary/aromatic N) is 6. The Bertz CT molecular complexity index is 1330. The minimum Gasteiger partial charge on any atom is -0.506 e. The highest BCUT2D eigenvalue weighted by atomic mass is 16.3. The van der Waals surface area contributed by atoms with Gasteiger partial charge in [0.2, 0.25) is 0 Å². The first-order chi connectivity index (χ1) is 15.2. The molecule has 2 fully saturated rings. The van der Waals surface area contributed by atoms with Gasteiger partial charge < -0.3 is 14.1 Å². The molecule has 1 aliphatic heterocycles. The molecule has 3 aromatic heterocycles. The van der Waals surface area contributed by atoms with Crippen molar-refractivity contribution in [1.29, 1.82) is 5.26 Å². The van der Waals surface area contributed by atoms with E-state index in [4.69, 9.17) is 14.7 Å². The predicted octanol–water partition coefficient (Wildman–Crippen LogP) is 3.98. The predicted molar refractivity (Wildman–Crippen MR) is 114 cm³/mol. The molecule has 0 spiro atoms. The minimum absolute atomic E-state index is 0.167. The molecule has 1 aromatic carbocycles. The first-order valence-corrected chi connectivity index (χ1v) is 10.8. The molecule has 8 heteroatoms. The largest absolute Gasteiger partial charge is 0.506 e. The Morgan fingerprint density at radius 3 is 2.94 bits per heavy atom. The van der Waals surface area contributed by atoms with Gasteiger partial charge in [-0.1, -0.05) is 0 Å². The van der Waals surface area contributed by atoms with Crippen LogP contribution in [-0.4, -0.2) is 49.4 Å². The number of likely N-dealkylation sites (tertiary alicyclic amines) is 1. The Kier molecular flexibility index (Phi) is 4.18. The third-order valence-corrected chi connectivity index (χ3v) is 6.54. The number of phenolic OH excluding ortho intramolecular Hbond substituents is 1. The molecule has 1 aliphatic carbocycles. The van der Waals surface area contributed by atoms with E-state index in [1.807, 2.05) is 18.5 Å². The van der Waals surface area contributed by atoms with Crippen molar-refractivity contribution in [2.24, 2.45) is 0 Å². The van der Waals surface area contributed by atoms with E-state index in [1.165, 1.54) is 0 Å². The lowest BCUT2D eigenvalue weighted by Gasteiger charge is -2.31. The molecule has 1 atom stereocenters. The summed E-state index contributed by atoms with van der Waals surface area (Å²) < 4.78 is 7.54. The van der Waals surface area contributed by atoms with Crippen LogP contribution in [0.2, 0.25) is 0 Å². The van der Waals surface area contributed by atoms with E-state index in [9.17, 15) is 5.11 Å². The topological polar surface area (TPSA) is 104 Å². The van der Waals surface area contributed by atoms with Gasteiger partial charge in [0.05, 0.1) is 30.6 Å². The van der Waals surface area contributed by atoms with Gasteiger partial charge in [-0.2, -0.15) is 5.26 Å². The number of benzene rings is 1. The fraction of sp³-hybridized carbons (Fsp3) is 0.391. The Labute approximate surface area is 178 Å². The van der Waals surface area contributed by atoms with Crippen molar-refractivity contribution in [2.75, 3.05) is 19.6 Å². The van der Waals surface area contributed by atoms with Gasteiger partial charge in [0.15, 0.2) is 5.65 Å². The molecule has 1 saturated heterocycles. The monoisotopic (exact) mass is 414 g/mol. The molecule has 6 rings (SSSR count). The molecule has 0 bridgehead atoms. The van der Waals surface area contributed by atoms with E-state index >= 15 is 0 Å². The van der Waals surface area contributed by atoms with Crippen molar-refractivity contribution in [3.63, 3.8) is 0 Å². The summed E-state index contributed by atoms with van der Waals surface area (Å²) in [7, 11) is 0. The summed E-state index contributed by atoms with van der Waals surface area (Å²) >= 11 is 0. The number of hydrogen-bond donors (Lipinski definition) is 1. The quantitative estimate of drug-likeness (QED) is 0.504. The number of fused-ring (bicyclic) bond motifs is 2. The summed E-state index contributed by atoms with van der Waals surface area (Å²) in [6, 6.07) is 7.96. The maximum atomic E-state index is 10.9. The lowest BCUT2D eigenvalue weighted by molar-refractivity contribution is 0.197. The summed E-state index contributed by atoms with van der Waals surface area (Å²) in [6.45, 7) is 2.22. The van der Waals surface area contributed by atoms with Crippen LogP contribution in [-0.2, 0) is 0 Å². The van der Waals surface area contributed by atoms with Gasteiger partial charge >= 0.3 is 0 Å². The fourth-order valence-corrected chi connectivity index (χ4v) is 4.85. The van der Waals surface area contributed by atoms with E-state index in [-0.39, 0.29) is 11.8 Å². The number of imidazole rings is 1. The molecule has 8 nitrogen and oxygen atoms in total. The van der Waals surface area contributed by atoms with E-state index in [0.717, 1.165) is 55.5 Å². The summed E-state index contributed by atoms with van der Waals surface area (Å²) in [5, 5.41) is 29.8. The number of piperidine rings is 1. The fourth-order valence-electron chi connectivity index (χ4n) is 4.85. The van der Waals surface area contributed by atoms with Gasteiger partial charge in [-0.15, -0.1) is 10.2 Å². The Hall–Kier alpha value is -3.44. The van der Waals surface area contributed by atoms with E-state index in [0.29, 0.717) is 34.7 Å². The Balaban J connectivity index is 1.47. The van der Waals surface area contributed by atoms with Crippen LogP contribution in [0.1, 0.15) is 43.2 Å². The zero-order chi connectivity index (χ0) is 20.9. The number of phenols is 1. The first-order valence-electron chi connectivity index (χ1n) is 10.8. The molecule has 2 aliphatic rings. The molecular formula is C23H22N6O2. The maximum Gasteiger partial charge on any atom is 0.183 e. The van der Waals surface area contributed by atoms with Crippen LogP contribution in [0.3, 0.4) is 0 Å². The summed E-state index contributed by atoms with van der Waals surface area (Å²) in [5.41, 5.74) is 4.75. The molecule has 31 heavy (non-hydrogen) atoms. The van der Waals surface area contributed by atoms with Crippen LogP contribution >= 0.6 is 0 Å². The second-order valence-corrected chi connectivity index (χ2v) is 8.54. The molecule has 0 radical (unpaired) electrons. The van der Waals surface area contributed by atoms with Crippen molar-refractivity contribution < 1.29 is 9.52 Å². The van der Waals surface area contributed by atoms with E-state index in [2.05, 4.69) is 25.7 Å². The Morgan fingerprint density at radius 2 is 2.10 bits per heavy atom. The number of aromatic hydroxyl groups is 1. The minimum atomic E-state index is 0.167. The number of nitriles is 1. The van der Waals surface area contributed by atoms with E-state index in [1.54, 1.807) is 12.3 Å². The molecule has 0 unspecified atom stereocenters. The lowest BCUT2D eigenvalue weighted by Crippen LogP contribution is -2.36. The van der Waals surface area contributed by atoms with Gasteiger partial charge in [-0.05, 0) is 56.3 Å². The summed E-state index contributed by atoms with van der Waals surface area (Å²) in [6.07, 6.45) is 7.71.